The molecule has 1 saturated heterocycles. The molecule has 122 valence electrons. The first-order chi connectivity index (χ1) is 11.0. The Morgan fingerprint density at radius 2 is 1.91 bits per heavy atom. The van der Waals surface area contributed by atoms with Gasteiger partial charge in [0, 0.05) is 17.9 Å². The molecule has 2 aromatic rings. The molecule has 0 unspecified atom stereocenters. The van der Waals surface area contributed by atoms with E-state index in [0.29, 0.717) is 10.5 Å². The Balaban J connectivity index is 1.82. The van der Waals surface area contributed by atoms with Gasteiger partial charge < -0.3 is 15.0 Å². The fraction of sp³-hybridized carbons (Fsp3) is 0.412. The van der Waals surface area contributed by atoms with Crippen LogP contribution in [0.1, 0.15) is 37.2 Å². The Hall–Kier alpha value is -1.92. The summed E-state index contributed by atoms with van der Waals surface area (Å²) in [6, 6.07) is 9.76. The minimum Gasteiger partial charge on any atom is -0.375 e. The fourth-order valence-electron chi connectivity index (χ4n) is 3.15. The van der Waals surface area contributed by atoms with Crippen molar-refractivity contribution in [2.45, 2.75) is 44.9 Å². The summed E-state index contributed by atoms with van der Waals surface area (Å²) in [4.78, 5) is 15.7. The number of para-hydroxylation sites is 1. The highest BCUT2D eigenvalue weighted by atomic mass is 32.1. The van der Waals surface area contributed by atoms with Gasteiger partial charge in [-0.2, -0.15) is 0 Å². The van der Waals surface area contributed by atoms with Crippen LogP contribution in [0.5, 0.6) is 0 Å². The van der Waals surface area contributed by atoms with E-state index < -0.39 is 0 Å². The molecule has 2 atom stereocenters. The maximum Gasteiger partial charge on any atom is 0.270 e. The van der Waals surface area contributed by atoms with Gasteiger partial charge in [-0.1, -0.05) is 18.2 Å². The van der Waals surface area contributed by atoms with Crippen LogP contribution in [0.15, 0.2) is 36.5 Å². The zero-order valence-corrected chi connectivity index (χ0v) is 14.1. The van der Waals surface area contributed by atoms with Gasteiger partial charge in [0.25, 0.3) is 5.91 Å². The molecule has 1 fully saturated rings. The van der Waals surface area contributed by atoms with Crippen molar-refractivity contribution in [2.75, 3.05) is 0 Å². The first-order valence-corrected chi connectivity index (χ1v) is 8.27. The number of nitrogens with one attached hydrogen (secondary N) is 2. The number of hydrogen-bond acceptors (Lipinski definition) is 3. The molecule has 0 aliphatic carbocycles. The van der Waals surface area contributed by atoms with Crippen LogP contribution in [-0.2, 0) is 4.74 Å². The van der Waals surface area contributed by atoms with Gasteiger partial charge in [0.2, 0.25) is 0 Å². The summed E-state index contributed by atoms with van der Waals surface area (Å²) in [6.45, 7) is 4.08. The van der Waals surface area contributed by atoms with Gasteiger partial charge in [0.15, 0.2) is 4.77 Å². The lowest BCUT2D eigenvalue weighted by atomic mass is 10.00. The van der Waals surface area contributed by atoms with E-state index in [1.165, 1.54) is 0 Å². The largest absolute Gasteiger partial charge is 0.375 e. The predicted molar refractivity (Wildman–Crippen MR) is 91.5 cm³/mol. The Labute approximate surface area is 140 Å². The van der Waals surface area contributed by atoms with Crippen LogP contribution in [-0.4, -0.2) is 33.7 Å². The van der Waals surface area contributed by atoms with Gasteiger partial charge in [-0.3, -0.25) is 9.36 Å². The quantitative estimate of drug-likeness (QED) is 0.849. The van der Waals surface area contributed by atoms with Crippen molar-refractivity contribution in [3.05, 3.63) is 47.0 Å². The van der Waals surface area contributed by atoms with Crippen LogP contribution < -0.4 is 5.32 Å². The number of ether oxygens (including phenoxy) is 1. The van der Waals surface area contributed by atoms with E-state index in [9.17, 15) is 4.79 Å². The zero-order chi connectivity index (χ0) is 16.4. The molecule has 2 N–H and O–H groups in total. The number of H-pyrrole nitrogens is 1. The van der Waals surface area contributed by atoms with E-state index in [4.69, 9.17) is 17.0 Å². The third-order valence-electron chi connectivity index (χ3n) is 4.06. The molecule has 1 aliphatic heterocycles. The van der Waals surface area contributed by atoms with Crippen LogP contribution >= 0.6 is 12.2 Å². The number of carbonyl (C=O) groups is 1. The van der Waals surface area contributed by atoms with Crippen LogP contribution in [0.4, 0.5) is 0 Å². The summed E-state index contributed by atoms with van der Waals surface area (Å²) in [7, 11) is 0. The molecule has 1 amide bonds. The second-order valence-electron chi connectivity index (χ2n) is 6.05. The zero-order valence-electron chi connectivity index (χ0n) is 13.3. The summed E-state index contributed by atoms with van der Waals surface area (Å²) in [6.07, 6.45) is 3.63. The van der Waals surface area contributed by atoms with Gasteiger partial charge in [-0.05, 0) is 51.0 Å². The molecule has 0 spiro atoms. The Morgan fingerprint density at radius 1 is 1.26 bits per heavy atom. The first kappa shape index (κ1) is 16.0. The van der Waals surface area contributed by atoms with Crippen LogP contribution in [0.25, 0.3) is 5.69 Å². The Bertz CT molecular complexity index is 728. The topological polar surface area (TPSA) is 59.0 Å². The number of rotatable bonds is 3. The highest BCUT2D eigenvalue weighted by Gasteiger charge is 2.26. The van der Waals surface area contributed by atoms with Gasteiger partial charge in [-0.25, -0.2) is 0 Å². The maximum absolute atomic E-state index is 12.7. The number of amides is 1. The predicted octanol–water partition coefficient (Wildman–Crippen LogP) is 3.22. The molecule has 0 saturated carbocycles. The number of imidazole rings is 1. The SMILES string of the molecule is C[C@@H]1CC(NC(=O)c2c[nH]c(=S)n2-c2ccccc2)C[C@@H](C)O1. The highest BCUT2D eigenvalue weighted by Crippen LogP contribution is 2.20. The molecule has 23 heavy (non-hydrogen) atoms. The summed E-state index contributed by atoms with van der Waals surface area (Å²) < 4.78 is 7.99. The number of benzene rings is 1. The first-order valence-electron chi connectivity index (χ1n) is 7.86. The van der Waals surface area contributed by atoms with Crippen molar-refractivity contribution in [3.8, 4) is 5.69 Å². The van der Waals surface area contributed by atoms with Crippen LogP contribution in [0.3, 0.4) is 0 Å². The van der Waals surface area contributed by atoms with E-state index >= 15 is 0 Å². The molecule has 1 aliphatic rings. The molecule has 0 radical (unpaired) electrons. The number of nitrogens with zero attached hydrogens (tertiary/aromatic N) is 1. The van der Waals surface area contributed by atoms with Gasteiger partial charge in [0.1, 0.15) is 5.69 Å². The minimum absolute atomic E-state index is 0.118. The lowest BCUT2D eigenvalue weighted by Crippen LogP contribution is -2.44. The van der Waals surface area contributed by atoms with Crippen molar-refractivity contribution in [2.24, 2.45) is 0 Å². The van der Waals surface area contributed by atoms with Crippen molar-refractivity contribution < 1.29 is 9.53 Å². The van der Waals surface area contributed by atoms with E-state index in [0.717, 1.165) is 18.5 Å². The molecule has 5 nitrogen and oxygen atoms in total. The number of aromatic amines is 1. The van der Waals surface area contributed by atoms with E-state index in [1.54, 1.807) is 10.8 Å². The lowest BCUT2D eigenvalue weighted by molar-refractivity contribution is -0.0408. The van der Waals surface area contributed by atoms with Gasteiger partial charge >= 0.3 is 0 Å². The van der Waals surface area contributed by atoms with Gasteiger partial charge in [-0.15, -0.1) is 0 Å². The minimum atomic E-state index is -0.118. The molecule has 1 aromatic heterocycles. The fourth-order valence-corrected chi connectivity index (χ4v) is 3.41. The normalized spacial score (nSPS) is 24.3. The van der Waals surface area contributed by atoms with Crippen LogP contribution in [0.2, 0.25) is 0 Å². The van der Waals surface area contributed by atoms with Gasteiger partial charge in [0.05, 0.1) is 12.2 Å². The van der Waals surface area contributed by atoms with E-state index in [1.807, 2.05) is 44.2 Å². The number of carbonyl (C=O) groups excluding carboxylic acids is 1. The number of hydrogen-bond donors (Lipinski definition) is 2. The highest BCUT2D eigenvalue weighted by molar-refractivity contribution is 7.71. The monoisotopic (exact) mass is 331 g/mol. The Kier molecular flexibility index (Phi) is 4.63. The van der Waals surface area contributed by atoms with E-state index in [-0.39, 0.29) is 24.2 Å². The second kappa shape index (κ2) is 6.68. The van der Waals surface area contributed by atoms with Crippen LogP contribution in [0, 0.1) is 4.77 Å². The molecular weight excluding hydrogens is 310 g/mol. The summed E-state index contributed by atoms with van der Waals surface area (Å²) in [5.74, 6) is -0.118. The average Bonchev–Trinajstić information content (AvgIpc) is 2.89. The molecule has 6 heteroatoms. The van der Waals surface area contributed by atoms with Crippen molar-refractivity contribution in [1.82, 2.24) is 14.9 Å². The average molecular weight is 331 g/mol. The smallest absolute Gasteiger partial charge is 0.270 e. The summed E-state index contributed by atoms with van der Waals surface area (Å²) >= 11 is 5.32. The molecule has 2 heterocycles. The van der Waals surface area contributed by atoms with Crippen molar-refractivity contribution in [1.29, 1.82) is 0 Å². The maximum atomic E-state index is 12.7. The van der Waals surface area contributed by atoms with Crippen molar-refractivity contribution in [3.63, 3.8) is 0 Å². The summed E-state index contributed by atoms with van der Waals surface area (Å²) in [5, 5.41) is 3.11. The van der Waals surface area contributed by atoms with Crippen molar-refractivity contribution >= 4 is 18.1 Å². The molecule has 3 rings (SSSR count). The molecule has 1 aromatic carbocycles. The summed E-state index contributed by atoms with van der Waals surface area (Å²) in [5.41, 5.74) is 1.39. The Morgan fingerprint density at radius 3 is 2.57 bits per heavy atom. The molecular formula is C17H21N3O2S. The third kappa shape index (κ3) is 3.54. The van der Waals surface area contributed by atoms with E-state index in [2.05, 4.69) is 10.3 Å². The lowest BCUT2D eigenvalue weighted by Gasteiger charge is -2.32. The number of aromatic nitrogens is 2. The second-order valence-corrected chi connectivity index (χ2v) is 6.44. The standard InChI is InChI=1S/C17H21N3O2S/c1-11-8-13(9-12(2)22-11)19-16(21)15-10-18-17(23)20(15)14-6-4-3-5-7-14/h3-7,10-13H,8-9H2,1-2H3,(H,18,23)(H,19,21)/t11-,12-/m1/s1. The molecule has 0 bridgehead atoms. The third-order valence-corrected chi connectivity index (χ3v) is 4.36.